The van der Waals surface area contributed by atoms with Gasteiger partial charge in [0.25, 0.3) is 0 Å². The third-order valence-corrected chi connectivity index (χ3v) is 6.77. The molecule has 2 aromatic heterocycles. The summed E-state index contributed by atoms with van der Waals surface area (Å²) in [5, 5.41) is 10.6. The number of fused-ring (bicyclic) bond motifs is 1. The van der Waals surface area contributed by atoms with E-state index in [1.807, 2.05) is 0 Å². The first kappa shape index (κ1) is 24.7. The number of nitrogens with two attached hydrogens (primary N) is 1. The molecule has 1 fully saturated rings. The van der Waals surface area contributed by atoms with E-state index in [0.29, 0.717) is 0 Å². The maximum atomic E-state index is 11.7. The predicted molar refractivity (Wildman–Crippen MR) is 102 cm³/mol. The Morgan fingerprint density at radius 2 is 1.87 bits per heavy atom. The molecular weight excluding hydrogens is 507 g/mol. The van der Waals surface area contributed by atoms with Gasteiger partial charge in [0.05, 0.1) is 12.9 Å². The number of nitrogen functional groups attached to an aromatic ring is 1. The van der Waals surface area contributed by atoms with E-state index in [1.165, 1.54) is 10.9 Å². The van der Waals surface area contributed by atoms with Gasteiger partial charge in [0.2, 0.25) is 0 Å². The van der Waals surface area contributed by atoms with Gasteiger partial charge < -0.3 is 40.0 Å². The summed E-state index contributed by atoms with van der Waals surface area (Å²) >= 11 is 4.39. The number of aliphatic hydroxyl groups excluding tert-OH is 1. The summed E-state index contributed by atoms with van der Waals surface area (Å²) in [7, 11) is -10.7. The Balaban J connectivity index is 1.87. The van der Waals surface area contributed by atoms with E-state index >= 15 is 0 Å². The molecule has 1 unspecified atom stereocenters. The van der Waals surface area contributed by atoms with Crippen molar-refractivity contribution < 1.29 is 56.8 Å². The van der Waals surface area contributed by atoms with E-state index in [-0.39, 0.29) is 17.0 Å². The van der Waals surface area contributed by atoms with Gasteiger partial charge in [-0.05, 0) is 11.8 Å². The third kappa shape index (κ3) is 6.10. The molecule has 1 saturated heterocycles. The van der Waals surface area contributed by atoms with E-state index in [9.17, 15) is 28.9 Å². The average molecular weight is 523 g/mol. The van der Waals surface area contributed by atoms with Gasteiger partial charge in [-0.25, -0.2) is 24.1 Å². The Bertz CT molecular complexity index is 1100. The second-order valence-electron chi connectivity index (χ2n) is 6.04. The van der Waals surface area contributed by atoms with Crippen LogP contribution in [0.5, 0.6) is 0 Å². The molecule has 21 heteroatoms. The highest BCUT2D eigenvalue weighted by molar-refractivity contribution is 8.06. The van der Waals surface area contributed by atoms with Crippen LogP contribution in [0.1, 0.15) is 6.23 Å². The van der Waals surface area contributed by atoms with Gasteiger partial charge in [0, 0.05) is 0 Å². The molecule has 0 radical (unpaired) electrons. The van der Waals surface area contributed by atoms with Crippen LogP contribution in [0.4, 0.5) is 5.82 Å². The van der Waals surface area contributed by atoms with Crippen LogP contribution in [0.15, 0.2) is 12.7 Å². The lowest BCUT2D eigenvalue weighted by Crippen LogP contribution is -2.35. The molecule has 0 amide bonds. The first-order valence-electron chi connectivity index (χ1n) is 7.91. The maximum Gasteiger partial charge on any atom is 0.481 e. The number of rotatable bonds is 8. The normalized spacial score (nSPS) is 26.9. The molecule has 0 aliphatic carbocycles. The number of ether oxygens (including phenoxy) is 1. The largest absolute Gasteiger partial charge is 0.481 e. The molecule has 3 heterocycles. The van der Waals surface area contributed by atoms with Crippen LogP contribution in [0, 0.1) is 0 Å². The SMILES string of the molecule is Nc1ncnc2c1ncn2[C@@H]1O[C@H](COP(=O)(O)OP(=O)(O)O)[C@@H](OP(O)(O)=S)[C@H]1O. The van der Waals surface area contributed by atoms with Crippen LogP contribution in [0.25, 0.3) is 11.2 Å². The molecular formula is C10H16N5O12P3S. The van der Waals surface area contributed by atoms with Crippen molar-refractivity contribution in [1.82, 2.24) is 19.5 Å². The molecule has 0 saturated carbocycles. The van der Waals surface area contributed by atoms with E-state index < -0.39 is 53.5 Å². The molecule has 8 N–H and O–H groups in total. The summed E-state index contributed by atoms with van der Waals surface area (Å²) in [5.41, 5.74) is 5.99. The van der Waals surface area contributed by atoms with Crippen molar-refractivity contribution in [3.8, 4) is 0 Å². The number of aliphatic hydroxyl groups is 1. The summed E-state index contributed by atoms with van der Waals surface area (Å²) in [6.07, 6.45) is -3.80. The zero-order valence-corrected chi connectivity index (χ0v) is 18.4. The van der Waals surface area contributed by atoms with Gasteiger partial charge >= 0.3 is 22.4 Å². The Morgan fingerprint density at radius 3 is 2.48 bits per heavy atom. The number of aromatic nitrogens is 4. The summed E-state index contributed by atoms with van der Waals surface area (Å²) in [6, 6.07) is 0. The van der Waals surface area contributed by atoms with Gasteiger partial charge in [-0.1, -0.05) is 0 Å². The fraction of sp³-hybridized carbons (Fsp3) is 0.500. The molecule has 17 nitrogen and oxygen atoms in total. The molecule has 0 bridgehead atoms. The molecule has 0 aromatic carbocycles. The van der Waals surface area contributed by atoms with Gasteiger partial charge in [-0.15, -0.1) is 0 Å². The van der Waals surface area contributed by atoms with E-state index in [0.717, 1.165) is 6.33 Å². The van der Waals surface area contributed by atoms with Crippen molar-refractivity contribution in [2.45, 2.75) is 24.5 Å². The number of phosphoric ester groups is 1. The first-order valence-corrected chi connectivity index (χ1v) is 13.6. The summed E-state index contributed by atoms with van der Waals surface area (Å²) in [4.78, 5) is 57.4. The highest BCUT2D eigenvalue weighted by Crippen LogP contribution is 2.58. The zero-order chi connectivity index (χ0) is 23.2. The Morgan fingerprint density at radius 1 is 1.19 bits per heavy atom. The predicted octanol–water partition coefficient (Wildman–Crippen LogP) is -1.51. The molecule has 31 heavy (non-hydrogen) atoms. The second-order valence-corrected chi connectivity index (χ2v) is 11.5. The van der Waals surface area contributed by atoms with Crippen molar-refractivity contribution in [2.75, 3.05) is 12.3 Å². The lowest BCUT2D eigenvalue weighted by Gasteiger charge is -2.23. The first-order chi connectivity index (χ1) is 14.2. The standard InChI is InChI=1S/C10H16N5O12P3S/c11-8-5-9(13-2-12-8)15(3-14-5)10-6(16)7(26-30(22,23)31)4(25-10)1-24-29(20,21)27-28(17,18)19/h2-4,6-7,10,16H,1H2,(H,20,21)(H2,11,12,13)(H2,17,18,19)(H2,22,23,31)/t4-,6-,7-,10-/m1/s1. The lowest BCUT2D eigenvalue weighted by molar-refractivity contribution is -0.0498. The highest BCUT2D eigenvalue weighted by atomic mass is 32.5. The van der Waals surface area contributed by atoms with Crippen LogP contribution in [-0.4, -0.2) is 74.0 Å². The lowest BCUT2D eigenvalue weighted by atomic mass is 10.1. The smallest absolute Gasteiger partial charge is 0.386 e. The molecule has 0 spiro atoms. The van der Waals surface area contributed by atoms with Crippen molar-refractivity contribution >= 4 is 51.2 Å². The van der Waals surface area contributed by atoms with Crippen molar-refractivity contribution in [3.05, 3.63) is 12.7 Å². The van der Waals surface area contributed by atoms with Crippen LogP contribution < -0.4 is 5.73 Å². The van der Waals surface area contributed by atoms with E-state index in [4.69, 9.17) is 24.8 Å². The monoisotopic (exact) mass is 523 g/mol. The topological polar surface area (TPSA) is 262 Å². The molecule has 1 aliphatic heterocycles. The maximum absolute atomic E-state index is 11.7. The van der Waals surface area contributed by atoms with Crippen LogP contribution >= 0.6 is 22.4 Å². The number of phosphoric acid groups is 2. The van der Waals surface area contributed by atoms with Crippen molar-refractivity contribution in [3.63, 3.8) is 0 Å². The fourth-order valence-electron chi connectivity index (χ4n) is 2.75. The third-order valence-electron chi connectivity index (χ3n) is 3.84. The van der Waals surface area contributed by atoms with Gasteiger partial charge in [-0.3, -0.25) is 13.6 Å². The summed E-state index contributed by atoms with van der Waals surface area (Å²) < 4.78 is 42.2. The van der Waals surface area contributed by atoms with Crippen LogP contribution in [0.2, 0.25) is 0 Å². The number of imidazole rings is 1. The molecule has 174 valence electrons. The van der Waals surface area contributed by atoms with E-state index in [1.54, 1.807) is 0 Å². The molecule has 5 atom stereocenters. The van der Waals surface area contributed by atoms with Gasteiger partial charge in [0.1, 0.15) is 30.2 Å². The average Bonchev–Trinajstić information content (AvgIpc) is 3.13. The fourth-order valence-corrected chi connectivity index (χ4v) is 5.23. The van der Waals surface area contributed by atoms with Crippen molar-refractivity contribution in [1.29, 1.82) is 0 Å². The quantitative estimate of drug-likeness (QED) is 0.194. The molecule has 2 aromatic rings. The summed E-state index contributed by atoms with van der Waals surface area (Å²) in [6.45, 7) is -5.31. The zero-order valence-electron chi connectivity index (χ0n) is 14.9. The number of hydrogen-bond donors (Lipinski definition) is 7. The van der Waals surface area contributed by atoms with Crippen LogP contribution in [-0.2, 0) is 39.0 Å². The Hall–Kier alpha value is -0.940. The summed E-state index contributed by atoms with van der Waals surface area (Å²) in [5.74, 6) is 0.0286. The minimum Gasteiger partial charge on any atom is -0.386 e. The molecule has 3 rings (SSSR count). The minimum absolute atomic E-state index is 0.0286. The number of hydrogen-bond acceptors (Lipinski definition) is 12. The second kappa shape index (κ2) is 8.78. The van der Waals surface area contributed by atoms with Gasteiger partial charge in [-0.2, -0.15) is 4.31 Å². The van der Waals surface area contributed by atoms with Gasteiger partial charge in [0.15, 0.2) is 17.7 Å². The highest BCUT2D eigenvalue weighted by Gasteiger charge is 2.49. The van der Waals surface area contributed by atoms with Crippen LogP contribution in [0.3, 0.4) is 0 Å². The number of anilines is 1. The Labute approximate surface area is 177 Å². The van der Waals surface area contributed by atoms with E-state index in [2.05, 4.69) is 35.6 Å². The Kier molecular flexibility index (Phi) is 6.99. The molecule has 1 aliphatic rings. The number of nitrogens with zero attached hydrogens (tertiary/aromatic N) is 4. The minimum atomic E-state index is -5.38. The van der Waals surface area contributed by atoms with Crippen molar-refractivity contribution in [2.24, 2.45) is 0 Å².